The van der Waals surface area contributed by atoms with Crippen LogP contribution in [0.15, 0.2) is 18.2 Å². The number of sulfone groups is 1. The standard InChI is InChI=1S/C14H19ClN2O4S/c1-17(12-5-6-22(19,20)9-12)14(18)16-8-10-7-11(15)3-4-13(10)21-2/h3-4,7,12H,5-6,8-9H2,1-2H3,(H,16,18)/t12-/m1/s1. The van der Waals surface area contributed by atoms with E-state index in [2.05, 4.69) is 5.32 Å². The SMILES string of the molecule is COc1ccc(Cl)cc1CNC(=O)N(C)[C@@H]1CCS(=O)(=O)C1. The van der Waals surface area contributed by atoms with Gasteiger partial charge in [0.15, 0.2) is 9.84 Å². The highest BCUT2D eigenvalue weighted by Gasteiger charge is 2.32. The number of halogens is 1. The lowest BCUT2D eigenvalue weighted by atomic mass is 10.2. The molecule has 0 aromatic heterocycles. The Bertz CT molecular complexity index is 663. The molecule has 1 aliphatic rings. The molecular formula is C14H19ClN2O4S. The number of methoxy groups -OCH3 is 1. The van der Waals surface area contributed by atoms with Gasteiger partial charge in [0.25, 0.3) is 0 Å². The summed E-state index contributed by atoms with van der Waals surface area (Å²) in [5, 5.41) is 3.31. The zero-order valence-corrected chi connectivity index (χ0v) is 14.1. The van der Waals surface area contributed by atoms with E-state index in [4.69, 9.17) is 16.3 Å². The smallest absolute Gasteiger partial charge is 0.317 e. The molecule has 1 heterocycles. The van der Waals surface area contributed by atoms with Crippen molar-refractivity contribution in [3.63, 3.8) is 0 Å². The minimum atomic E-state index is -3.02. The molecule has 1 N–H and O–H groups in total. The van der Waals surface area contributed by atoms with Crippen LogP contribution in [0.2, 0.25) is 5.02 Å². The van der Waals surface area contributed by atoms with Crippen molar-refractivity contribution in [3.8, 4) is 5.75 Å². The van der Waals surface area contributed by atoms with Gasteiger partial charge in [-0.05, 0) is 24.6 Å². The molecule has 1 aromatic rings. The van der Waals surface area contributed by atoms with Gasteiger partial charge in [0.1, 0.15) is 5.75 Å². The van der Waals surface area contributed by atoms with Crippen molar-refractivity contribution < 1.29 is 17.9 Å². The fourth-order valence-electron chi connectivity index (χ4n) is 2.43. The normalized spacial score (nSPS) is 19.7. The molecule has 6 nitrogen and oxygen atoms in total. The maximum Gasteiger partial charge on any atom is 0.317 e. The zero-order chi connectivity index (χ0) is 16.3. The average molecular weight is 347 g/mol. The molecule has 1 aromatic carbocycles. The fourth-order valence-corrected chi connectivity index (χ4v) is 4.40. The molecule has 1 saturated heterocycles. The number of hydrogen-bond donors (Lipinski definition) is 1. The van der Waals surface area contributed by atoms with E-state index in [1.807, 2.05) is 0 Å². The largest absolute Gasteiger partial charge is 0.496 e. The molecule has 0 saturated carbocycles. The first-order valence-corrected chi connectivity index (χ1v) is 9.06. The van der Waals surface area contributed by atoms with Gasteiger partial charge in [-0.2, -0.15) is 0 Å². The van der Waals surface area contributed by atoms with Gasteiger partial charge in [-0.15, -0.1) is 0 Å². The van der Waals surface area contributed by atoms with E-state index in [1.54, 1.807) is 32.4 Å². The molecule has 1 aliphatic heterocycles. The van der Waals surface area contributed by atoms with Crippen LogP contribution in [0.25, 0.3) is 0 Å². The van der Waals surface area contributed by atoms with Crippen LogP contribution >= 0.6 is 11.6 Å². The van der Waals surface area contributed by atoms with Crippen LogP contribution in [0.1, 0.15) is 12.0 Å². The molecule has 2 amide bonds. The Morgan fingerprint density at radius 1 is 1.50 bits per heavy atom. The van der Waals surface area contributed by atoms with Crippen LogP contribution in [0.5, 0.6) is 5.75 Å². The molecule has 0 aliphatic carbocycles. The van der Waals surface area contributed by atoms with E-state index in [1.165, 1.54) is 4.90 Å². The van der Waals surface area contributed by atoms with E-state index in [-0.39, 0.29) is 30.1 Å². The molecule has 122 valence electrons. The predicted octanol–water partition coefficient (Wildman–Crippen LogP) is 1.68. The first kappa shape index (κ1) is 16.9. The number of amides is 2. The van der Waals surface area contributed by atoms with Crippen LogP contribution in [-0.4, -0.2) is 51.1 Å². The van der Waals surface area contributed by atoms with Gasteiger partial charge in [0.2, 0.25) is 0 Å². The molecule has 1 atom stereocenters. The average Bonchev–Trinajstić information content (AvgIpc) is 2.84. The molecule has 0 spiro atoms. The highest BCUT2D eigenvalue weighted by atomic mass is 35.5. The number of urea groups is 1. The minimum absolute atomic E-state index is 0.0252. The third-order valence-corrected chi connectivity index (χ3v) is 5.73. The van der Waals surface area contributed by atoms with E-state index >= 15 is 0 Å². The van der Waals surface area contributed by atoms with Gasteiger partial charge in [0, 0.05) is 30.2 Å². The van der Waals surface area contributed by atoms with E-state index in [9.17, 15) is 13.2 Å². The van der Waals surface area contributed by atoms with Gasteiger partial charge in [-0.25, -0.2) is 13.2 Å². The summed E-state index contributed by atoms with van der Waals surface area (Å²) >= 11 is 5.94. The van der Waals surface area contributed by atoms with Crippen molar-refractivity contribution in [2.24, 2.45) is 0 Å². The van der Waals surface area contributed by atoms with Crippen molar-refractivity contribution in [1.82, 2.24) is 10.2 Å². The summed E-state index contributed by atoms with van der Waals surface area (Å²) in [5.74, 6) is 0.797. The number of rotatable bonds is 4. The lowest BCUT2D eigenvalue weighted by Crippen LogP contribution is -2.43. The van der Waals surface area contributed by atoms with Crippen molar-refractivity contribution in [2.45, 2.75) is 19.0 Å². The number of nitrogens with zero attached hydrogens (tertiary/aromatic N) is 1. The Labute approximate surface area is 135 Å². The van der Waals surface area contributed by atoms with Crippen LogP contribution in [-0.2, 0) is 16.4 Å². The van der Waals surface area contributed by atoms with Crippen molar-refractivity contribution >= 4 is 27.5 Å². The summed E-state index contributed by atoms with van der Waals surface area (Å²) in [6, 6.07) is 4.58. The third-order valence-electron chi connectivity index (χ3n) is 3.75. The Balaban J connectivity index is 1.97. The maximum absolute atomic E-state index is 12.1. The summed E-state index contributed by atoms with van der Waals surface area (Å²) in [5.41, 5.74) is 0.760. The molecule has 1 fully saturated rings. The summed E-state index contributed by atoms with van der Waals surface area (Å²) < 4.78 is 28.2. The number of hydrogen-bond acceptors (Lipinski definition) is 4. The molecule has 22 heavy (non-hydrogen) atoms. The first-order valence-electron chi connectivity index (χ1n) is 6.86. The second-order valence-corrected chi connectivity index (χ2v) is 7.95. The van der Waals surface area contributed by atoms with Crippen molar-refractivity contribution in [3.05, 3.63) is 28.8 Å². The van der Waals surface area contributed by atoms with Gasteiger partial charge in [-0.3, -0.25) is 0 Å². The summed E-state index contributed by atoms with van der Waals surface area (Å²) in [7, 11) is 0.136. The fraction of sp³-hybridized carbons (Fsp3) is 0.500. The lowest BCUT2D eigenvalue weighted by Gasteiger charge is -2.24. The van der Waals surface area contributed by atoms with Crippen LogP contribution < -0.4 is 10.1 Å². The topological polar surface area (TPSA) is 75.7 Å². The highest BCUT2D eigenvalue weighted by Crippen LogP contribution is 2.22. The van der Waals surface area contributed by atoms with Crippen molar-refractivity contribution in [1.29, 1.82) is 0 Å². The first-order chi connectivity index (χ1) is 10.3. The lowest BCUT2D eigenvalue weighted by molar-refractivity contribution is 0.194. The Morgan fingerprint density at radius 3 is 2.82 bits per heavy atom. The second-order valence-electron chi connectivity index (χ2n) is 5.28. The quantitative estimate of drug-likeness (QED) is 0.900. The van der Waals surface area contributed by atoms with Gasteiger partial charge >= 0.3 is 6.03 Å². The number of benzene rings is 1. The van der Waals surface area contributed by atoms with Crippen molar-refractivity contribution in [2.75, 3.05) is 25.7 Å². The van der Waals surface area contributed by atoms with Gasteiger partial charge in [0.05, 0.1) is 18.6 Å². The van der Waals surface area contributed by atoms with Crippen LogP contribution in [0.3, 0.4) is 0 Å². The molecular weight excluding hydrogens is 328 g/mol. The maximum atomic E-state index is 12.1. The molecule has 0 radical (unpaired) electrons. The number of carbonyl (C=O) groups excluding carboxylic acids is 1. The second kappa shape index (κ2) is 6.75. The highest BCUT2D eigenvalue weighted by molar-refractivity contribution is 7.91. The summed E-state index contributed by atoms with van der Waals surface area (Å²) in [4.78, 5) is 13.6. The van der Waals surface area contributed by atoms with Crippen LogP contribution in [0, 0.1) is 0 Å². The Kier molecular flexibility index (Phi) is 5.18. The Hall–Kier alpha value is -1.47. The monoisotopic (exact) mass is 346 g/mol. The summed E-state index contributed by atoms with van der Waals surface area (Å²) in [6.07, 6.45) is 0.479. The number of ether oxygens (including phenoxy) is 1. The molecule has 8 heteroatoms. The zero-order valence-electron chi connectivity index (χ0n) is 12.5. The number of carbonyl (C=O) groups is 1. The number of nitrogens with one attached hydrogen (secondary N) is 1. The molecule has 0 unspecified atom stereocenters. The third kappa shape index (κ3) is 4.04. The summed E-state index contributed by atoms with van der Waals surface area (Å²) in [6.45, 7) is 0.256. The molecule has 2 rings (SSSR count). The molecule has 0 bridgehead atoms. The Morgan fingerprint density at radius 2 is 2.23 bits per heavy atom. The van der Waals surface area contributed by atoms with E-state index < -0.39 is 9.84 Å². The van der Waals surface area contributed by atoms with E-state index in [0.717, 1.165) is 5.56 Å². The van der Waals surface area contributed by atoms with Gasteiger partial charge < -0.3 is 15.0 Å². The van der Waals surface area contributed by atoms with E-state index in [0.29, 0.717) is 17.2 Å². The van der Waals surface area contributed by atoms with Crippen LogP contribution in [0.4, 0.5) is 4.79 Å². The van der Waals surface area contributed by atoms with Gasteiger partial charge in [-0.1, -0.05) is 11.6 Å². The minimum Gasteiger partial charge on any atom is -0.496 e. The predicted molar refractivity (Wildman–Crippen MR) is 85.1 cm³/mol.